The fraction of sp³-hybridized carbons (Fsp3) is 0.364. The van der Waals surface area contributed by atoms with Crippen LogP contribution in [0.5, 0.6) is 5.75 Å². The van der Waals surface area contributed by atoms with Crippen molar-refractivity contribution in [2.24, 2.45) is 0 Å². The lowest BCUT2D eigenvalue weighted by Gasteiger charge is -2.17. The highest BCUT2D eigenvalue weighted by molar-refractivity contribution is 9.10. The number of aromatic nitrogens is 2. The zero-order chi connectivity index (χ0) is 23.8. The van der Waals surface area contributed by atoms with Crippen molar-refractivity contribution in [3.05, 3.63) is 45.9 Å². The molecule has 0 aliphatic heterocycles. The average Bonchev–Trinajstić information content (AvgIpc) is 3.40. The molecule has 2 aromatic carbocycles. The Hall–Kier alpha value is -1.90. The molecule has 1 unspecified atom stereocenters. The predicted molar refractivity (Wildman–Crippen MR) is 131 cm³/mol. The summed E-state index contributed by atoms with van der Waals surface area (Å²) < 4.78 is 23.4. The zero-order valence-electron chi connectivity index (χ0n) is 18.0. The van der Waals surface area contributed by atoms with Crippen LogP contribution in [0.3, 0.4) is 0 Å². The molecular weight excluding hydrogens is 533 g/mol. The highest BCUT2D eigenvalue weighted by atomic mass is 79.9. The Labute approximate surface area is 205 Å². The van der Waals surface area contributed by atoms with Crippen LogP contribution < -0.4 is 10.1 Å². The van der Waals surface area contributed by atoms with E-state index in [1.807, 2.05) is 38.1 Å². The molecule has 0 bridgehead atoms. The maximum atomic E-state index is 11.5. The van der Waals surface area contributed by atoms with Crippen LogP contribution in [-0.2, 0) is 4.57 Å². The fourth-order valence-electron chi connectivity index (χ4n) is 3.83. The first-order valence-corrected chi connectivity index (χ1v) is 13.4. The van der Waals surface area contributed by atoms with Gasteiger partial charge in [-0.3, -0.25) is 4.57 Å². The number of nitrogens with zero attached hydrogens (tertiary/aromatic N) is 2. The Morgan fingerprint density at radius 2 is 1.97 bits per heavy atom. The number of hydrogen-bond donors (Lipinski definition) is 3. The van der Waals surface area contributed by atoms with Crippen LogP contribution in [0.2, 0.25) is 5.02 Å². The van der Waals surface area contributed by atoms with Crippen molar-refractivity contribution in [2.45, 2.75) is 50.9 Å². The molecule has 0 spiro atoms. The van der Waals surface area contributed by atoms with Crippen LogP contribution in [0, 0.1) is 0 Å². The second-order valence-electron chi connectivity index (χ2n) is 8.33. The fourth-order valence-corrected chi connectivity index (χ4v) is 5.56. The molecular formula is C22H24BrClN3O5P. The molecule has 1 saturated carbocycles. The van der Waals surface area contributed by atoms with Crippen molar-refractivity contribution in [3.8, 4) is 28.6 Å². The molecule has 176 valence electrons. The van der Waals surface area contributed by atoms with Gasteiger partial charge in [-0.2, -0.15) is 4.98 Å². The molecule has 11 heteroatoms. The van der Waals surface area contributed by atoms with E-state index in [2.05, 4.69) is 31.4 Å². The van der Waals surface area contributed by atoms with Crippen LogP contribution in [0.25, 0.3) is 22.8 Å². The van der Waals surface area contributed by atoms with Crippen molar-refractivity contribution in [1.82, 2.24) is 10.1 Å². The normalized spacial score (nSPS) is 18.6. The SMILES string of the molecule is CC(C)Oc1ccc(-c2noc(-c3ccc(N[C@@H]4CCC(P(=O)(O)O)C4)c(Br)c3)n2)cc1Cl. The monoisotopic (exact) mass is 555 g/mol. The number of anilines is 1. The molecule has 4 rings (SSSR count). The van der Waals surface area contributed by atoms with Gasteiger partial charge in [-0.05, 0) is 85.4 Å². The Bertz CT molecular complexity index is 1200. The van der Waals surface area contributed by atoms with E-state index in [9.17, 15) is 14.4 Å². The number of halogens is 2. The molecule has 1 fully saturated rings. The highest BCUT2D eigenvalue weighted by Crippen LogP contribution is 2.49. The van der Waals surface area contributed by atoms with E-state index in [-0.39, 0.29) is 12.1 Å². The van der Waals surface area contributed by atoms with E-state index in [0.29, 0.717) is 47.3 Å². The first-order valence-electron chi connectivity index (χ1n) is 10.5. The van der Waals surface area contributed by atoms with Crippen molar-refractivity contribution in [2.75, 3.05) is 5.32 Å². The quantitative estimate of drug-likeness (QED) is 0.298. The first-order chi connectivity index (χ1) is 15.6. The van der Waals surface area contributed by atoms with Gasteiger partial charge < -0.3 is 24.4 Å². The Morgan fingerprint density at radius 1 is 1.21 bits per heavy atom. The summed E-state index contributed by atoms with van der Waals surface area (Å²) >= 11 is 9.88. The standard InChI is InChI=1S/C22H24BrClN3O5P/c1-12(2)31-20-8-4-13(10-18(20)24)21-26-22(32-27-21)14-3-7-19(17(23)9-14)25-15-5-6-16(11-15)33(28,29)30/h3-4,7-10,12,15-16,25H,5-6,11H2,1-2H3,(H2,28,29,30)/t15-,16?/m1/s1. The largest absolute Gasteiger partial charge is 0.489 e. The minimum atomic E-state index is -4.05. The van der Waals surface area contributed by atoms with Crippen LogP contribution in [0.1, 0.15) is 33.1 Å². The minimum absolute atomic E-state index is 0.00665. The summed E-state index contributed by atoms with van der Waals surface area (Å²) in [6.07, 6.45) is 1.68. The Morgan fingerprint density at radius 3 is 2.61 bits per heavy atom. The number of nitrogens with one attached hydrogen (secondary N) is 1. The average molecular weight is 557 g/mol. The lowest BCUT2D eigenvalue weighted by molar-refractivity contribution is 0.242. The van der Waals surface area contributed by atoms with Gasteiger partial charge in [-0.15, -0.1) is 0 Å². The second kappa shape index (κ2) is 9.76. The van der Waals surface area contributed by atoms with E-state index < -0.39 is 13.3 Å². The van der Waals surface area contributed by atoms with Gasteiger partial charge in [0.15, 0.2) is 0 Å². The molecule has 1 aliphatic rings. The molecule has 33 heavy (non-hydrogen) atoms. The van der Waals surface area contributed by atoms with Crippen LogP contribution >= 0.6 is 35.1 Å². The van der Waals surface area contributed by atoms with Gasteiger partial charge in [-0.25, -0.2) is 0 Å². The van der Waals surface area contributed by atoms with Crippen molar-refractivity contribution in [3.63, 3.8) is 0 Å². The molecule has 8 nitrogen and oxygen atoms in total. The van der Waals surface area contributed by atoms with E-state index in [4.69, 9.17) is 20.9 Å². The third-order valence-corrected chi connectivity index (χ3v) is 7.81. The third kappa shape index (κ3) is 5.78. The van der Waals surface area contributed by atoms with E-state index in [0.717, 1.165) is 15.7 Å². The van der Waals surface area contributed by atoms with Crippen molar-refractivity contribution in [1.29, 1.82) is 0 Å². The van der Waals surface area contributed by atoms with Gasteiger partial charge in [0, 0.05) is 27.3 Å². The second-order valence-corrected chi connectivity index (χ2v) is 11.5. The maximum absolute atomic E-state index is 11.5. The summed E-state index contributed by atoms with van der Waals surface area (Å²) in [5.74, 6) is 1.37. The van der Waals surface area contributed by atoms with Gasteiger partial charge in [-0.1, -0.05) is 16.8 Å². The summed E-state index contributed by atoms with van der Waals surface area (Å²) in [7, 11) is -4.05. The van der Waals surface area contributed by atoms with Gasteiger partial charge in [0.1, 0.15) is 5.75 Å². The molecule has 0 saturated heterocycles. The predicted octanol–water partition coefficient (Wildman–Crippen LogP) is 6.12. The molecule has 0 radical (unpaired) electrons. The van der Waals surface area contributed by atoms with Crippen molar-refractivity contribution >= 4 is 40.8 Å². The maximum Gasteiger partial charge on any atom is 0.328 e. The molecule has 2 atom stereocenters. The van der Waals surface area contributed by atoms with Crippen LogP contribution in [0.4, 0.5) is 5.69 Å². The first kappa shape index (κ1) is 24.2. The summed E-state index contributed by atoms with van der Waals surface area (Å²) in [6.45, 7) is 3.86. The van der Waals surface area contributed by atoms with E-state index in [1.165, 1.54) is 0 Å². The lowest BCUT2D eigenvalue weighted by atomic mass is 10.1. The molecule has 3 aromatic rings. The number of ether oxygens (including phenoxy) is 1. The summed E-state index contributed by atoms with van der Waals surface area (Å²) in [5, 5.41) is 7.90. The van der Waals surface area contributed by atoms with Gasteiger partial charge in [0.25, 0.3) is 5.89 Å². The molecule has 0 amide bonds. The summed E-state index contributed by atoms with van der Waals surface area (Å²) in [5.41, 5.74) is 1.70. The van der Waals surface area contributed by atoms with E-state index in [1.54, 1.807) is 12.1 Å². The van der Waals surface area contributed by atoms with E-state index >= 15 is 0 Å². The van der Waals surface area contributed by atoms with Crippen LogP contribution in [0.15, 0.2) is 45.4 Å². The highest BCUT2D eigenvalue weighted by Gasteiger charge is 2.36. The summed E-state index contributed by atoms with van der Waals surface area (Å²) in [6, 6.07) is 10.9. The lowest BCUT2D eigenvalue weighted by Crippen LogP contribution is -2.17. The molecule has 1 aromatic heterocycles. The summed E-state index contributed by atoms with van der Waals surface area (Å²) in [4.78, 5) is 23.3. The smallest absolute Gasteiger partial charge is 0.328 e. The topological polar surface area (TPSA) is 118 Å². The number of hydrogen-bond acceptors (Lipinski definition) is 6. The Balaban J connectivity index is 1.47. The molecule has 1 aliphatic carbocycles. The Kier molecular flexibility index (Phi) is 7.17. The minimum Gasteiger partial charge on any atom is -0.489 e. The van der Waals surface area contributed by atoms with Crippen molar-refractivity contribution < 1.29 is 23.6 Å². The number of benzene rings is 2. The molecule has 1 heterocycles. The van der Waals surface area contributed by atoms with Crippen LogP contribution in [-0.4, -0.2) is 37.7 Å². The zero-order valence-corrected chi connectivity index (χ0v) is 21.3. The number of rotatable bonds is 7. The van der Waals surface area contributed by atoms with Gasteiger partial charge in [0.2, 0.25) is 5.82 Å². The van der Waals surface area contributed by atoms with Gasteiger partial charge >= 0.3 is 7.60 Å². The van der Waals surface area contributed by atoms with Gasteiger partial charge in [0.05, 0.1) is 16.8 Å². The third-order valence-electron chi connectivity index (χ3n) is 5.44. The molecule has 3 N–H and O–H groups in total.